The number of anilines is 1. The summed E-state index contributed by atoms with van der Waals surface area (Å²) in [5.74, 6) is 0.740. The molecule has 24 heavy (non-hydrogen) atoms. The fourth-order valence-electron chi connectivity index (χ4n) is 2.24. The van der Waals surface area contributed by atoms with E-state index in [0.29, 0.717) is 17.3 Å². The molecule has 0 saturated heterocycles. The number of amides is 1. The van der Waals surface area contributed by atoms with E-state index in [1.54, 1.807) is 12.1 Å². The van der Waals surface area contributed by atoms with Crippen molar-refractivity contribution in [2.75, 3.05) is 12.3 Å². The second-order valence-corrected chi connectivity index (χ2v) is 5.84. The summed E-state index contributed by atoms with van der Waals surface area (Å²) < 4.78 is 5.62. The average Bonchev–Trinajstić information content (AvgIpc) is 2.58. The van der Waals surface area contributed by atoms with E-state index >= 15 is 0 Å². The number of nitrogen functional groups attached to an aromatic ring is 1. The Bertz CT molecular complexity index is 739. The van der Waals surface area contributed by atoms with Crippen molar-refractivity contribution < 1.29 is 9.53 Å². The molecule has 0 unspecified atom stereocenters. The third kappa shape index (κ3) is 4.84. The Kier molecular flexibility index (Phi) is 5.95. The Labute approximate surface area is 142 Å². The molecule has 0 fully saturated rings. The number of hydrogen-bond donors (Lipinski definition) is 2. The molecule has 0 aromatic heterocycles. The molecule has 5 nitrogen and oxygen atoms in total. The highest BCUT2D eigenvalue weighted by atomic mass is 16.5. The van der Waals surface area contributed by atoms with Gasteiger partial charge in [-0.05, 0) is 42.2 Å². The number of carbonyl (C=O) groups is 1. The van der Waals surface area contributed by atoms with E-state index in [0.717, 1.165) is 16.9 Å². The van der Waals surface area contributed by atoms with Crippen molar-refractivity contribution >= 4 is 17.3 Å². The lowest BCUT2D eigenvalue weighted by Gasteiger charge is -2.13. The second kappa shape index (κ2) is 8.15. The van der Waals surface area contributed by atoms with E-state index in [4.69, 9.17) is 10.5 Å². The molecule has 0 atom stereocenters. The fraction of sp³-hybridized carbons (Fsp3) is 0.263. The highest BCUT2D eigenvalue weighted by molar-refractivity contribution is 5.99. The van der Waals surface area contributed by atoms with Crippen LogP contribution in [0, 0.1) is 0 Å². The van der Waals surface area contributed by atoms with Crippen LogP contribution in [-0.2, 0) is 4.79 Å². The van der Waals surface area contributed by atoms with E-state index in [1.807, 2.05) is 43.3 Å². The maximum atomic E-state index is 11.9. The molecule has 0 heterocycles. The lowest BCUT2D eigenvalue weighted by molar-refractivity contribution is -0.123. The maximum absolute atomic E-state index is 11.9. The van der Waals surface area contributed by atoms with Crippen molar-refractivity contribution in [2.45, 2.75) is 26.7 Å². The number of hydrogen-bond acceptors (Lipinski definition) is 4. The molecule has 0 spiro atoms. The molecule has 0 aliphatic rings. The zero-order valence-corrected chi connectivity index (χ0v) is 14.2. The van der Waals surface area contributed by atoms with Gasteiger partial charge in [-0.3, -0.25) is 4.79 Å². The van der Waals surface area contributed by atoms with E-state index in [9.17, 15) is 4.79 Å². The number of ether oxygens (including phenoxy) is 1. The molecule has 2 aromatic carbocycles. The van der Waals surface area contributed by atoms with Gasteiger partial charge >= 0.3 is 0 Å². The first-order valence-electron chi connectivity index (χ1n) is 7.88. The van der Waals surface area contributed by atoms with Crippen LogP contribution in [0.1, 0.15) is 37.8 Å². The highest BCUT2D eigenvalue weighted by Crippen LogP contribution is 2.25. The lowest BCUT2D eigenvalue weighted by Crippen LogP contribution is -2.25. The molecule has 2 aromatic rings. The maximum Gasteiger partial charge on any atom is 0.277 e. The third-order valence-electron chi connectivity index (χ3n) is 3.55. The summed E-state index contributed by atoms with van der Waals surface area (Å²) in [6.45, 7) is 5.89. The van der Waals surface area contributed by atoms with Crippen LogP contribution in [0.2, 0.25) is 0 Å². The number of carbonyl (C=O) groups excluding carboxylic acids is 1. The van der Waals surface area contributed by atoms with Crippen LogP contribution >= 0.6 is 0 Å². The van der Waals surface area contributed by atoms with Crippen LogP contribution in [0.25, 0.3) is 0 Å². The van der Waals surface area contributed by atoms with Crippen molar-refractivity contribution in [2.24, 2.45) is 5.10 Å². The fourth-order valence-corrected chi connectivity index (χ4v) is 2.24. The molecular weight excluding hydrogens is 302 g/mol. The first-order chi connectivity index (χ1) is 11.5. The van der Waals surface area contributed by atoms with Crippen LogP contribution in [0.15, 0.2) is 53.6 Å². The zero-order valence-electron chi connectivity index (χ0n) is 14.2. The van der Waals surface area contributed by atoms with Gasteiger partial charge in [0.05, 0.1) is 5.71 Å². The van der Waals surface area contributed by atoms with E-state index in [2.05, 4.69) is 24.4 Å². The van der Waals surface area contributed by atoms with Crippen molar-refractivity contribution in [3.63, 3.8) is 0 Å². The standard InChI is InChI=1S/C19H23N3O2/c1-13(2)17-9-4-5-10-18(17)24-12-19(23)22-21-14(3)15-7-6-8-16(20)11-15/h4-11,13H,12,20H2,1-3H3,(H,22,23). The van der Waals surface area contributed by atoms with Crippen LogP contribution in [0.5, 0.6) is 5.75 Å². The SMILES string of the molecule is CC(=NNC(=O)COc1ccccc1C(C)C)c1cccc(N)c1. The molecule has 1 amide bonds. The van der Waals surface area contributed by atoms with Crippen molar-refractivity contribution in [1.82, 2.24) is 5.43 Å². The molecule has 0 radical (unpaired) electrons. The van der Waals surface area contributed by atoms with Gasteiger partial charge in [-0.25, -0.2) is 5.43 Å². The Hall–Kier alpha value is -2.82. The summed E-state index contributed by atoms with van der Waals surface area (Å²) in [6.07, 6.45) is 0. The topological polar surface area (TPSA) is 76.7 Å². The summed E-state index contributed by atoms with van der Waals surface area (Å²) >= 11 is 0. The first-order valence-corrected chi connectivity index (χ1v) is 7.88. The van der Waals surface area contributed by atoms with Crippen LogP contribution < -0.4 is 15.9 Å². The van der Waals surface area contributed by atoms with Crippen molar-refractivity contribution in [3.05, 3.63) is 59.7 Å². The Morgan fingerprint density at radius 3 is 2.67 bits per heavy atom. The molecule has 0 aliphatic carbocycles. The van der Waals surface area contributed by atoms with Crippen molar-refractivity contribution in [1.29, 1.82) is 0 Å². The van der Waals surface area contributed by atoms with E-state index in [-0.39, 0.29) is 12.5 Å². The minimum absolute atomic E-state index is 0.0859. The number of rotatable bonds is 6. The number of para-hydroxylation sites is 1. The summed E-state index contributed by atoms with van der Waals surface area (Å²) in [5, 5.41) is 4.09. The molecule has 3 N–H and O–H groups in total. The quantitative estimate of drug-likeness (QED) is 0.486. The minimum Gasteiger partial charge on any atom is -0.483 e. The van der Waals surface area contributed by atoms with Gasteiger partial charge in [-0.1, -0.05) is 44.2 Å². The Morgan fingerprint density at radius 2 is 1.96 bits per heavy atom. The Morgan fingerprint density at radius 1 is 1.21 bits per heavy atom. The summed E-state index contributed by atoms with van der Waals surface area (Å²) in [5.41, 5.74) is 11.5. The van der Waals surface area contributed by atoms with Gasteiger partial charge in [0.2, 0.25) is 0 Å². The second-order valence-electron chi connectivity index (χ2n) is 5.84. The van der Waals surface area contributed by atoms with Crippen LogP contribution in [0.4, 0.5) is 5.69 Å². The van der Waals surface area contributed by atoms with E-state index < -0.39 is 0 Å². The molecule has 126 valence electrons. The zero-order chi connectivity index (χ0) is 17.5. The molecule has 0 saturated carbocycles. The van der Waals surface area contributed by atoms with Crippen LogP contribution in [0.3, 0.4) is 0 Å². The molecular formula is C19H23N3O2. The number of nitrogens with zero attached hydrogens (tertiary/aromatic N) is 1. The number of benzene rings is 2. The predicted molar refractivity (Wildman–Crippen MR) is 97.2 cm³/mol. The van der Waals surface area contributed by atoms with Gasteiger partial charge in [-0.2, -0.15) is 5.10 Å². The summed E-state index contributed by atoms with van der Waals surface area (Å²) in [6, 6.07) is 15.1. The summed E-state index contributed by atoms with van der Waals surface area (Å²) in [7, 11) is 0. The van der Waals surface area contributed by atoms with Gasteiger partial charge in [0.1, 0.15) is 5.75 Å². The van der Waals surface area contributed by atoms with Gasteiger partial charge in [0, 0.05) is 5.69 Å². The molecule has 5 heteroatoms. The number of nitrogens with two attached hydrogens (primary N) is 1. The minimum atomic E-state index is -0.309. The highest BCUT2D eigenvalue weighted by Gasteiger charge is 2.09. The number of nitrogens with one attached hydrogen (secondary N) is 1. The average molecular weight is 325 g/mol. The van der Waals surface area contributed by atoms with E-state index in [1.165, 1.54) is 0 Å². The molecule has 2 rings (SSSR count). The van der Waals surface area contributed by atoms with Gasteiger partial charge < -0.3 is 10.5 Å². The normalized spacial score (nSPS) is 11.4. The smallest absolute Gasteiger partial charge is 0.277 e. The lowest BCUT2D eigenvalue weighted by atomic mass is 10.0. The van der Waals surface area contributed by atoms with Crippen LogP contribution in [-0.4, -0.2) is 18.2 Å². The Balaban J connectivity index is 1.93. The van der Waals surface area contributed by atoms with Crippen molar-refractivity contribution in [3.8, 4) is 5.75 Å². The van der Waals surface area contributed by atoms with Gasteiger partial charge in [-0.15, -0.1) is 0 Å². The third-order valence-corrected chi connectivity index (χ3v) is 3.55. The predicted octanol–water partition coefficient (Wildman–Crippen LogP) is 3.31. The van der Waals surface area contributed by atoms with Gasteiger partial charge in [0.25, 0.3) is 5.91 Å². The molecule has 0 bridgehead atoms. The van der Waals surface area contributed by atoms with Gasteiger partial charge in [0.15, 0.2) is 6.61 Å². The first kappa shape index (κ1) is 17.5. The monoisotopic (exact) mass is 325 g/mol. The number of hydrazone groups is 1. The molecule has 0 aliphatic heterocycles. The largest absolute Gasteiger partial charge is 0.483 e. The summed E-state index contributed by atoms with van der Waals surface area (Å²) in [4.78, 5) is 11.9.